The number of ether oxygens (including phenoxy) is 1. The van der Waals surface area contributed by atoms with Crippen LogP contribution in [0.5, 0.6) is 5.88 Å². The minimum absolute atomic E-state index is 0.307. The van der Waals surface area contributed by atoms with Gasteiger partial charge in [-0.2, -0.15) is 0 Å². The molecule has 0 spiro atoms. The summed E-state index contributed by atoms with van der Waals surface area (Å²) in [6.45, 7) is 2.27. The zero-order chi connectivity index (χ0) is 14.7. The van der Waals surface area contributed by atoms with Crippen molar-refractivity contribution in [2.75, 3.05) is 0 Å². The summed E-state index contributed by atoms with van der Waals surface area (Å²) in [7, 11) is 0. The zero-order valence-corrected chi connectivity index (χ0v) is 13.3. The van der Waals surface area contributed by atoms with Crippen LogP contribution in [-0.2, 0) is 5.88 Å². The summed E-state index contributed by atoms with van der Waals surface area (Å²) in [5, 5.41) is 2.23. The highest BCUT2D eigenvalue weighted by Crippen LogP contribution is 2.32. The molecule has 1 aliphatic rings. The first-order valence-corrected chi connectivity index (χ1v) is 8.44. The Morgan fingerprint density at radius 3 is 2.81 bits per heavy atom. The molecule has 0 N–H and O–H groups in total. The summed E-state index contributed by atoms with van der Waals surface area (Å²) in [6, 6.07) is 8.24. The third kappa shape index (κ3) is 3.16. The second kappa shape index (κ2) is 6.65. The number of benzene rings is 1. The van der Waals surface area contributed by atoms with Crippen molar-refractivity contribution < 1.29 is 4.74 Å². The summed E-state index contributed by atoms with van der Waals surface area (Å²) >= 11 is 6.01. The van der Waals surface area contributed by atoms with E-state index in [-0.39, 0.29) is 0 Å². The van der Waals surface area contributed by atoms with E-state index < -0.39 is 0 Å². The van der Waals surface area contributed by atoms with Gasteiger partial charge in [0.05, 0.1) is 0 Å². The minimum Gasteiger partial charge on any atom is -0.474 e. The van der Waals surface area contributed by atoms with Crippen molar-refractivity contribution >= 4 is 22.4 Å². The molecule has 1 aromatic heterocycles. The van der Waals surface area contributed by atoms with Crippen LogP contribution in [0.25, 0.3) is 10.8 Å². The van der Waals surface area contributed by atoms with Crippen molar-refractivity contribution in [2.45, 2.75) is 51.0 Å². The van der Waals surface area contributed by atoms with E-state index in [9.17, 15) is 0 Å². The molecule has 3 rings (SSSR count). The molecule has 1 fully saturated rings. The molecule has 1 heterocycles. The molecule has 2 unspecified atom stereocenters. The van der Waals surface area contributed by atoms with Crippen LogP contribution in [0.4, 0.5) is 0 Å². The summed E-state index contributed by atoms with van der Waals surface area (Å²) in [5.74, 6) is 2.05. The van der Waals surface area contributed by atoms with Crippen LogP contribution in [0.15, 0.2) is 30.5 Å². The lowest BCUT2D eigenvalue weighted by atomic mass is 9.85. The monoisotopic (exact) mass is 303 g/mol. The molecule has 21 heavy (non-hydrogen) atoms. The first kappa shape index (κ1) is 14.6. The zero-order valence-electron chi connectivity index (χ0n) is 12.5. The fraction of sp³-hybridized carbons (Fsp3) is 0.500. The van der Waals surface area contributed by atoms with Gasteiger partial charge in [0.15, 0.2) is 0 Å². The van der Waals surface area contributed by atoms with Crippen molar-refractivity contribution in [3.8, 4) is 5.88 Å². The van der Waals surface area contributed by atoms with Crippen LogP contribution < -0.4 is 4.74 Å². The lowest BCUT2D eigenvalue weighted by Gasteiger charge is -2.29. The Balaban J connectivity index is 1.87. The molecule has 0 radical (unpaired) electrons. The van der Waals surface area contributed by atoms with Crippen LogP contribution in [0.2, 0.25) is 0 Å². The highest BCUT2D eigenvalue weighted by Gasteiger charge is 2.23. The van der Waals surface area contributed by atoms with Crippen molar-refractivity contribution in [2.24, 2.45) is 5.92 Å². The maximum Gasteiger partial charge on any atom is 0.221 e. The maximum absolute atomic E-state index is 6.25. The second-order valence-corrected chi connectivity index (χ2v) is 6.22. The number of rotatable bonds is 4. The van der Waals surface area contributed by atoms with Gasteiger partial charge in [-0.25, -0.2) is 4.98 Å². The first-order valence-electron chi connectivity index (χ1n) is 7.91. The van der Waals surface area contributed by atoms with Crippen molar-refractivity contribution in [1.29, 1.82) is 0 Å². The number of nitrogens with zero attached hydrogens (tertiary/aromatic N) is 1. The van der Waals surface area contributed by atoms with E-state index >= 15 is 0 Å². The number of aromatic nitrogens is 1. The highest BCUT2D eigenvalue weighted by atomic mass is 35.5. The largest absolute Gasteiger partial charge is 0.474 e. The van der Waals surface area contributed by atoms with Gasteiger partial charge in [0, 0.05) is 17.5 Å². The van der Waals surface area contributed by atoms with Gasteiger partial charge in [0.1, 0.15) is 6.10 Å². The van der Waals surface area contributed by atoms with Crippen LogP contribution in [0.3, 0.4) is 0 Å². The number of pyridine rings is 1. The predicted molar refractivity (Wildman–Crippen MR) is 88.0 cm³/mol. The van der Waals surface area contributed by atoms with Crippen LogP contribution >= 0.6 is 11.6 Å². The Morgan fingerprint density at radius 2 is 2.05 bits per heavy atom. The van der Waals surface area contributed by atoms with Gasteiger partial charge in [-0.3, -0.25) is 0 Å². The van der Waals surface area contributed by atoms with Gasteiger partial charge in [0.2, 0.25) is 5.88 Å². The molecule has 112 valence electrons. The lowest BCUT2D eigenvalue weighted by Crippen LogP contribution is -2.25. The summed E-state index contributed by atoms with van der Waals surface area (Å²) in [5.41, 5.74) is 1.06. The van der Waals surface area contributed by atoms with E-state index in [0.29, 0.717) is 12.0 Å². The molecule has 1 aromatic carbocycles. The van der Waals surface area contributed by atoms with E-state index in [1.54, 1.807) is 0 Å². The summed E-state index contributed by atoms with van der Waals surface area (Å²) in [6.07, 6.45) is 8.31. The van der Waals surface area contributed by atoms with Gasteiger partial charge >= 0.3 is 0 Å². The molecule has 1 saturated carbocycles. The predicted octanol–water partition coefficient (Wildman–Crippen LogP) is 5.32. The van der Waals surface area contributed by atoms with Crippen molar-refractivity contribution in [3.05, 3.63) is 36.0 Å². The van der Waals surface area contributed by atoms with Gasteiger partial charge in [-0.15, -0.1) is 11.6 Å². The molecule has 0 amide bonds. The Kier molecular flexibility index (Phi) is 4.64. The van der Waals surface area contributed by atoms with Crippen molar-refractivity contribution in [1.82, 2.24) is 4.98 Å². The summed E-state index contributed by atoms with van der Waals surface area (Å²) < 4.78 is 6.25. The Hall–Kier alpha value is -1.28. The second-order valence-electron chi connectivity index (χ2n) is 5.95. The number of alkyl halides is 1. The molecule has 0 saturated heterocycles. The molecule has 2 aromatic rings. The van der Waals surface area contributed by atoms with E-state index in [1.807, 2.05) is 18.3 Å². The fourth-order valence-corrected chi connectivity index (χ4v) is 3.52. The SMILES string of the molecule is CCC1CCCC(Oc2ncc(CCl)c3ccccc23)C1. The van der Waals surface area contributed by atoms with Gasteiger partial charge < -0.3 is 4.74 Å². The first-order chi connectivity index (χ1) is 10.3. The smallest absolute Gasteiger partial charge is 0.221 e. The van der Waals surface area contributed by atoms with Crippen LogP contribution in [0.1, 0.15) is 44.6 Å². The van der Waals surface area contributed by atoms with E-state index in [2.05, 4.69) is 24.0 Å². The Labute approximate surface area is 131 Å². The highest BCUT2D eigenvalue weighted by molar-refractivity contribution is 6.18. The molecule has 1 aliphatic carbocycles. The lowest BCUT2D eigenvalue weighted by molar-refractivity contribution is 0.119. The van der Waals surface area contributed by atoms with Crippen molar-refractivity contribution in [3.63, 3.8) is 0 Å². The van der Waals surface area contributed by atoms with Crippen LogP contribution in [-0.4, -0.2) is 11.1 Å². The minimum atomic E-state index is 0.307. The van der Waals surface area contributed by atoms with E-state index in [1.165, 1.54) is 19.3 Å². The summed E-state index contributed by atoms with van der Waals surface area (Å²) in [4.78, 5) is 4.52. The fourth-order valence-electron chi connectivity index (χ4n) is 3.30. The number of fused-ring (bicyclic) bond motifs is 1. The maximum atomic E-state index is 6.25. The van der Waals surface area contributed by atoms with Gasteiger partial charge in [-0.05, 0) is 42.2 Å². The molecule has 0 aliphatic heterocycles. The van der Waals surface area contributed by atoms with Crippen LogP contribution in [0, 0.1) is 5.92 Å². The molecule has 0 bridgehead atoms. The normalized spacial score (nSPS) is 22.4. The molecule has 2 atom stereocenters. The number of hydrogen-bond donors (Lipinski definition) is 0. The Bertz CT molecular complexity index is 613. The number of hydrogen-bond acceptors (Lipinski definition) is 2. The third-order valence-electron chi connectivity index (χ3n) is 4.58. The van der Waals surface area contributed by atoms with Gasteiger partial charge in [0.25, 0.3) is 0 Å². The van der Waals surface area contributed by atoms with E-state index in [4.69, 9.17) is 16.3 Å². The average molecular weight is 304 g/mol. The Morgan fingerprint density at radius 1 is 1.24 bits per heavy atom. The average Bonchev–Trinajstić information content (AvgIpc) is 2.55. The third-order valence-corrected chi connectivity index (χ3v) is 4.86. The molecule has 3 heteroatoms. The molecular formula is C18H22ClNO. The molecule has 2 nitrogen and oxygen atoms in total. The molecular weight excluding hydrogens is 282 g/mol. The topological polar surface area (TPSA) is 22.1 Å². The number of halogens is 1. The van der Waals surface area contributed by atoms with Gasteiger partial charge in [-0.1, -0.05) is 38.0 Å². The quantitative estimate of drug-likeness (QED) is 0.713. The van der Waals surface area contributed by atoms with E-state index in [0.717, 1.165) is 41.0 Å². The standard InChI is InChI=1S/C18H22ClNO/c1-2-13-6-5-7-15(10-13)21-18-17-9-4-3-8-16(17)14(11-19)12-20-18/h3-4,8-9,12-13,15H,2,5-7,10-11H2,1H3.